The molecule has 3 aromatic rings. The van der Waals surface area contributed by atoms with E-state index in [1.54, 1.807) is 28.0 Å². The molecule has 2 aromatic heterocycles. The highest BCUT2D eigenvalue weighted by Gasteiger charge is 2.49. The first kappa shape index (κ1) is 23.4. The number of aryl methyl sites for hydroxylation is 2. The summed E-state index contributed by atoms with van der Waals surface area (Å²) in [6.07, 6.45) is 9.49. The number of aromatic nitrogens is 2. The van der Waals surface area contributed by atoms with E-state index in [2.05, 4.69) is 10.4 Å². The van der Waals surface area contributed by atoms with Gasteiger partial charge < -0.3 is 9.73 Å². The molecule has 1 unspecified atom stereocenters. The predicted octanol–water partition coefficient (Wildman–Crippen LogP) is 5.41. The molecule has 7 heteroatoms. The largest absolute Gasteiger partial charge is 0.463 e. The summed E-state index contributed by atoms with van der Waals surface area (Å²) in [5.74, 6) is 0.230. The van der Waals surface area contributed by atoms with Crippen molar-refractivity contribution in [2.45, 2.75) is 83.8 Å². The lowest BCUT2D eigenvalue weighted by Crippen LogP contribution is -2.65. The first-order valence-electron chi connectivity index (χ1n) is 12.7. The Kier molecular flexibility index (Phi) is 6.26. The molecule has 0 bridgehead atoms. The molecule has 1 atom stereocenters. The van der Waals surface area contributed by atoms with E-state index in [-0.39, 0.29) is 24.4 Å². The molecule has 7 nitrogen and oxygen atoms in total. The second-order valence-corrected chi connectivity index (χ2v) is 10.2. The van der Waals surface area contributed by atoms with Crippen molar-refractivity contribution in [3.8, 4) is 11.5 Å². The van der Waals surface area contributed by atoms with Crippen molar-refractivity contribution in [3.05, 3.63) is 59.5 Å². The fraction of sp³-hybridized carbons (Fsp3) is 0.464. The number of carbonyl (C=O) groups is 2. The minimum absolute atomic E-state index is 0.129. The summed E-state index contributed by atoms with van der Waals surface area (Å²) in [6, 6.07) is 11.4. The van der Waals surface area contributed by atoms with E-state index in [0.717, 1.165) is 42.5 Å². The maximum atomic E-state index is 14.0. The van der Waals surface area contributed by atoms with Gasteiger partial charge in [-0.2, -0.15) is 5.10 Å². The lowest BCUT2D eigenvalue weighted by Gasteiger charge is -2.44. The zero-order chi connectivity index (χ0) is 24.6. The SMILES string of the molecule is Cc1ccc(N2C(=O)c3cc(-c4ccco4)nn3CC2(C)C(=O)NC2CCCCCCC2)cc1C. The fourth-order valence-corrected chi connectivity index (χ4v) is 5.34. The van der Waals surface area contributed by atoms with E-state index in [0.29, 0.717) is 17.1 Å². The monoisotopic (exact) mass is 474 g/mol. The Morgan fingerprint density at radius 1 is 1.06 bits per heavy atom. The molecule has 0 radical (unpaired) electrons. The zero-order valence-electron chi connectivity index (χ0n) is 20.8. The summed E-state index contributed by atoms with van der Waals surface area (Å²) in [6.45, 7) is 6.19. The molecule has 5 rings (SSSR count). The molecule has 1 fully saturated rings. The molecule has 184 valence electrons. The number of benzene rings is 1. The predicted molar refractivity (Wildman–Crippen MR) is 135 cm³/mol. The Morgan fingerprint density at radius 3 is 2.49 bits per heavy atom. The van der Waals surface area contributed by atoms with Gasteiger partial charge in [0.1, 0.15) is 16.9 Å². The van der Waals surface area contributed by atoms with E-state index < -0.39 is 5.54 Å². The van der Waals surface area contributed by atoms with Crippen molar-refractivity contribution < 1.29 is 14.0 Å². The Balaban J connectivity index is 1.54. The lowest BCUT2D eigenvalue weighted by molar-refractivity contribution is -0.127. The number of hydrogen-bond acceptors (Lipinski definition) is 4. The molecule has 0 spiro atoms. The Bertz CT molecular complexity index is 1220. The molecule has 2 aliphatic rings. The molecule has 1 saturated carbocycles. The zero-order valence-corrected chi connectivity index (χ0v) is 20.8. The van der Waals surface area contributed by atoms with Gasteiger partial charge >= 0.3 is 0 Å². The highest BCUT2D eigenvalue weighted by Crippen LogP contribution is 2.35. The highest BCUT2D eigenvalue weighted by atomic mass is 16.3. The van der Waals surface area contributed by atoms with E-state index >= 15 is 0 Å². The summed E-state index contributed by atoms with van der Waals surface area (Å²) in [4.78, 5) is 29.6. The van der Waals surface area contributed by atoms with Gasteiger partial charge in [-0.15, -0.1) is 0 Å². The van der Waals surface area contributed by atoms with Gasteiger partial charge in [-0.25, -0.2) is 0 Å². The third-order valence-corrected chi connectivity index (χ3v) is 7.61. The van der Waals surface area contributed by atoms with E-state index in [1.807, 2.05) is 45.0 Å². The normalized spacial score (nSPS) is 21.3. The molecular weight excluding hydrogens is 440 g/mol. The number of amides is 2. The molecule has 35 heavy (non-hydrogen) atoms. The second-order valence-electron chi connectivity index (χ2n) is 10.2. The summed E-state index contributed by atoms with van der Waals surface area (Å²) in [7, 11) is 0. The van der Waals surface area contributed by atoms with Crippen molar-refractivity contribution in [2.24, 2.45) is 0 Å². The van der Waals surface area contributed by atoms with Gasteiger partial charge in [0.25, 0.3) is 5.91 Å². The number of fused-ring (bicyclic) bond motifs is 1. The minimum Gasteiger partial charge on any atom is -0.463 e. The average Bonchev–Trinajstić information content (AvgIpc) is 3.48. The van der Waals surface area contributed by atoms with Gasteiger partial charge in [0.2, 0.25) is 5.91 Å². The maximum absolute atomic E-state index is 14.0. The van der Waals surface area contributed by atoms with Gasteiger partial charge in [-0.1, -0.05) is 38.2 Å². The molecular formula is C28H34N4O3. The molecule has 1 aliphatic heterocycles. The molecule has 3 heterocycles. The van der Waals surface area contributed by atoms with Gasteiger partial charge in [0, 0.05) is 17.8 Å². The summed E-state index contributed by atoms with van der Waals surface area (Å²) >= 11 is 0. The fourth-order valence-electron chi connectivity index (χ4n) is 5.34. The third kappa shape index (κ3) is 4.40. The van der Waals surface area contributed by atoms with Crippen molar-refractivity contribution in [3.63, 3.8) is 0 Å². The number of hydrogen-bond donors (Lipinski definition) is 1. The number of nitrogens with one attached hydrogen (secondary N) is 1. The van der Waals surface area contributed by atoms with Crippen LogP contribution in [0.5, 0.6) is 0 Å². The van der Waals surface area contributed by atoms with Crippen LogP contribution in [0.1, 0.15) is 73.5 Å². The van der Waals surface area contributed by atoms with E-state index in [9.17, 15) is 9.59 Å². The van der Waals surface area contributed by atoms with Crippen LogP contribution in [-0.4, -0.2) is 33.2 Å². The van der Waals surface area contributed by atoms with Crippen LogP contribution in [0.15, 0.2) is 47.1 Å². The van der Waals surface area contributed by atoms with Gasteiger partial charge in [0.05, 0.1) is 12.8 Å². The number of rotatable bonds is 4. The van der Waals surface area contributed by atoms with Crippen LogP contribution in [-0.2, 0) is 11.3 Å². The molecule has 1 aliphatic carbocycles. The average molecular weight is 475 g/mol. The van der Waals surface area contributed by atoms with Crippen LogP contribution >= 0.6 is 0 Å². The maximum Gasteiger partial charge on any atom is 0.277 e. The van der Waals surface area contributed by atoms with Crippen molar-refractivity contribution in [1.82, 2.24) is 15.1 Å². The van der Waals surface area contributed by atoms with Crippen molar-refractivity contribution >= 4 is 17.5 Å². The Hall–Kier alpha value is -3.35. The van der Waals surface area contributed by atoms with E-state index in [1.165, 1.54) is 19.3 Å². The van der Waals surface area contributed by atoms with Crippen LogP contribution in [0.2, 0.25) is 0 Å². The van der Waals surface area contributed by atoms with Crippen molar-refractivity contribution in [1.29, 1.82) is 0 Å². The summed E-state index contributed by atoms with van der Waals surface area (Å²) < 4.78 is 7.18. The molecule has 0 saturated heterocycles. The van der Waals surface area contributed by atoms with Crippen LogP contribution in [0, 0.1) is 13.8 Å². The lowest BCUT2D eigenvalue weighted by atomic mass is 9.91. The summed E-state index contributed by atoms with van der Waals surface area (Å²) in [5.41, 5.74) is 2.85. The molecule has 2 amide bonds. The smallest absolute Gasteiger partial charge is 0.277 e. The topological polar surface area (TPSA) is 80.4 Å². The standard InChI is InChI=1S/C28H34N4O3/c1-19-13-14-22(16-20(19)2)32-26(33)24-17-23(25-12-9-15-35-25)30-31(24)18-28(32,3)27(34)29-21-10-7-5-4-6-8-11-21/h9,12-17,21H,4-8,10-11,18H2,1-3H3,(H,29,34). The molecule has 1 aromatic carbocycles. The Labute approximate surface area is 206 Å². The van der Waals surface area contributed by atoms with Gasteiger partial charge in [0.15, 0.2) is 5.76 Å². The number of nitrogens with zero attached hydrogens (tertiary/aromatic N) is 3. The van der Waals surface area contributed by atoms with Crippen LogP contribution < -0.4 is 10.2 Å². The minimum atomic E-state index is -1.12. The van der Waals surface area contributed by atoms with Gasteiger partial charge in [-0.3, -0.25) is 19.2 Å². The summed E-state index contributed by atoms with van der Waals surface area (Å²) in [5, 5.41) is 7.97. The first-order valence-corrected chi connectivity index (χ1v) is 12.7. The van der Waals surface area contributed by atoms with E-state index in [4.69, 9.17) is 4.42 Å². The van der Waals surface area contributed by atoms with Crippen LogP contribution in [0.25, 0.3) is 11.5 Å². The third-order valence-electron chi connectivity index (χ3n) is 7.61. The number of carbonyl (C=O) groups excluding carboxylic acids is 2. The van der Waals surface area contributed by atoms with Crippen LogP contribution in [0.4, 0.5) is 5.69 Å². The second kappa shape index (κ2) is 9.36. The number of furan rings is 1. The first-order chi connectivity index (χ1) is 16.9. The van der Waals surface area contributed by atoms with Crippen molar-refractivity contribution in [2.75, 3.05) is 4.90 Å². The number of anilines is 1. The van der Waals surface area contributed by atoms with Crippen LogP contribution in [0.3, 0.4) is 0 Å². The molecule has 1 N–H and O–H groups in total. The van der Waals surface area contributed by atoms with Gasteiger partial charge in [-0.05, 0) is 69.0 Å². The Morgan fingerprint density at radius 2 is 1.80 bits per heavy atom. The quantitative estimate of drug-likeness (QED) is 0.548. The highest BCUT2D eigenvalue weighted by molar-refractivity contribution is 6.12.